The van der Waals surface area contributed by atoms with Crippen molar-refractivity contribution in [2.75, 3.05) is 50.9 Å². The Kier molecular flexibility index (Phi) is 8.21. The SMILES string of the molecule is CCc1c(F)ccc2cc(OCOC)cc(-c3nc(NC)c4c(N5CCC[C@@](C)(O)C5)nc(OCC5(C=O)CC5)nc4c3F)c12. The predicted molar refractivity (Wildman–Crippen MR) is 167 cm³/mol. The van der Waals surface area contributed by atoms with Gasteiger partial charge in [0.15, 0.2) is 12.6 Å². The number of halogens is 2. The van der Waals surface area contributed by atoms with Crippen LogP contribution < -0.4 is 19.7 Å². The molecule has 2 aromatic heterocycles. The van der Waals surface area contributed by atoms with Crippen molar-refractivity contribution in [2.24, 2.45) is 5.41 Å². The zero-order valence-corrected chi connectivity index (χ0v) is 25.9. The number of piperidine rings is 1. The number of hydrogen-bond donors (Lipinski definition) is 2. The van der Waals surface area contributed by atoms with E-state index in [9.17, 15) is 9.90 Å². The van der Waals surface area contributed by atoms with Gasteiger partial charge in [-0.25, -0.2) is 13.8 Å². The average molecular weight is 622 g/mol. The smallest absolute Gasteiger partial charge is 0.319 e. The van der Waals surface area contributed by atoms with Crippen molar-refractivity contribution in [3.05, 3.63) is 41.5 Å². The fourth-order valence-corrected chi connectivity index (χ4v) is 6.08. The minimum atomic E-state index is -0.986. The number of nitrogens with zero attached hydrogens (tertiary/aromatic N) is 4. The first-order valence-electron chi connectivity index (χ1n) is 15.1. The Morgan fingerprint density at radius 3 is 2.58 bits per heavy atom. The number of methoxy groups -OCH3 is 1. The molecular formula is C33H37F2N5O5. The van der Waals surface area contributed by atoms with Crippen molar-refractivity contribution in [1.82, 2.24) is 15.0 Å². The summed E-state index contributed by atoms with van der Waals surface area (Å²) in [4.78, 5) is 27.5. The summed E-state index contributed by atoms with van der Waals surface area (Å²) in [6, 6.07) is 6.30. The first-order chi connectivity index (χ1) is 21.6. The number of pyridine rings is 1. The summed E-state index contributed by atoms with van der Waals surface area (Å²) >= 11 is 0. The molecule has 6 rings (SSSR count). The van der Waals surface area contributed by atoms with E-state index < -0.39 is 22.7 Å². The van der Waals surface area contributed by atoms with Gasteiger partial charge in [0.05, 0.1) is 16.4 Å². The number of aldehydes is 1. The number of anilines is 2. The Morgan fingerprint density at radius 1 is 1.11 bits per heavy atom. The molecular weight excluding hydrogens is 584 g/mol. The van der Waals surface area contributed by atoms with Gasteiger partial charge >= 0.3 is 6.01 Å². The van der Waals surface area contributed by atoms with Crippen LogP contribution >= 0.6 is 0 Å². The number of carbonyl (C=O) groups excluding carboxylic acids is 1. The number of nitrogens with one attached hydrogen (secondary N) is 1. The van der Waals surface area contributed by atoms with E-state index in [0.29, 0.717) is 83.3 Å². The number of aryl methyl sites for hydroxylation is 1. The summed E-state index contributed by atoms with van der Waals surface area (Å²) in [6.07, 6.45) is 3.94. The Bertz CT molecular complexity index is 1780. The summed E-state index contributed by atoms with van der Waals surface area (Å²) in [6.45, 7) is 4.44. The van der Waals surface area contributed by atoms with E-state index in [1.807, 2.05) is 11.8 Å². The quantitative estimate of drug-likeness (QED) is 0.166. The van der Waals surface area contributed by atoms with Crippen LogP contribution in [0.25, 0.3) is 32.9 Å². The van der Waals surface area contributed by atoms with Gasteiger partial charge in [-0.2, -0.15) is 9.97 Å². The number of β-amino-alcohol motifs (C(OH)–C–C–N with tert-alkyl or cyclic N) is 1. The van der Waals surface area contributed by atoms with Crippen LogP contribution in [0.3, 0.4) is 0 Å². The van der Waals surface area contributed by atoms with Gasteiger partial charge in [0.1, 0.15) is 47.3 Å². The molecule has 0 spiro atoms. The van der Waals surface area contributed by atoms with Gasteiger partial charge < -0.3 is 34.3 Å². The average Bonchev–Trinajstić information content (AvgIpc) is 3.82. The summed E-state index contributed by atoms with van der Waals surface area (Å²) in [5.41, 5.74) is -0.954. The second-order valence-corrected chi connectivity index (χ2v) is 12.2. The number of aromatic nitrogens is 3. The number of fused-ring (bicyclic) bond motifs is 2. The normalized spacial score (nSPS) is 19.1. The minimum Gasteiger partial charge on any atom is -0.468 e. The van der Waals surface area contributed by atoms with E-state index in [4.69, 9.17) is 19.2 Å². The van der Waals surface area contributed by atoms with E-state index in [0.717, 1.165) is 6.29 Å². The fraction of sp³-hybridized carbons (Fsp3) is 0.455. The van der Waals surface area contributed by atoms with Crippen LogP contribution in [0.15, 0.2) is 24.3 Å². The number of ether oxygens (including phenoxy) is 3. The molecule has 238 valence electrons. The van der Waals surface area contributed by atoms with Crippen LogP contribution in [-0.4, -0.2) is 72.6 Å². The van der Waals surface area contributed by atoms with Crippen LogP contribution in [-0.2, 0) is 16.0 Å². The van der Waals surface area contributed by atoms with E-state index >= 15 is 8.78 Å². The molecule has 10 nitrogen and oxygen atoms in total. The molecule has 0 radical (unpaired) electrons. The maximum atomic E-state index is 17.0. The number of aliphatic hydroxyl groups is 1. The third-order valence-electron chi connectivity index (χ3n) is 8.68. The highest BCUT2D eigenvalue weighted by Crippen LogP contribution is 2.45. The first kappa shape index (κ1) is 30.8. The highest BCUT2D eigenvalue weighted by atomic mass is 19.1. The topological polar surface area (TPSA) is 119 Å². The van der Waals surface area contributed by atoms with Crippen molar-refractivity contribution in [3.8, 4) is 23.0 Å². The van der Waals surface area contributed by atoms with Crippen LogP contribution in [0, 0.1) is 17.0 Å². The number of carbonyl (C=O) groups is 1. The molecule has 0 amide bonds. The van der Waals surface area contributed by atoms with Gasteiger partial charge in [-0.05, 0) is 73.6 Å². The Morgan fingerprint density at radius 2 is 1.91 bits per heavy atom. The van der Waals surface area contributed by atoms with Crippen LogP contribution in [0.4, 0.5) is 20.4 Å². The number of hydrogen-bond acceptors (Lipinski definition) is 10. The maximum Gasteiger partial charge on any atom is 0.319 e. The molecule has 0 unspecified atom stereocenters. The van der Waals surface area contributed by atoms with E-state index in [1.165, 1.54) is 13.2 Å². The molecule has 2 aliphatic rings. The van der Waals surface area contributed by atoms with Gasteiger partial charge in [-0.15, -0.1) is 0 Å². The van der Waals surface area contributed by atoms with Gasteiger partial charge in [-0.1, -0.05) is 13.0 Å². The summed E-state index contributed by atoms with van der Waals surface area (Å²) < 4.78 is 48.9. The highest BCUT2D eigenvalue weighted by molar-refractivity contribution is 6.05. The molecule has 1 saturated heterocycles. The van der Waals surface area contributed by atoms with Gasteiger partial charge in [0.2, 0.25) is 0 Å². The molecule has 1 aliphatic carbocycles. The Labute approximate surface area is 259 Å². The van der Waals surface area contributed by atoms with Crippen LogP contribution in [0.1, 0.15) is 45.1 Å². The molecule has 0 bridgehead atoms. The minimum absolute atomic E-state index is 0.0403. The second kappa shape index (κ2) is 12.0. The molecule has 1 saturated carbocycles. The van der Waals surface area contributed by atoms with Crippen LogP contribution in [0.5, 0.6) is 11.8 Å². The molecule has 2 fully saturated rings. The molecule has 1 atom stereocenters. The predicted octanol–water partition coefficient (Wildman–Crippen LogP) is 5.42. The molecule has 3 heterocycles. The van der Waals surface area contributed by atoms with Crippen molar-refractivity contribution in [3.63, 3.8) is 0 Å². The molecule has 2 N–H and O–H groups in total. The summed E-state index contributed by atoms with van der Waals surface area (Å²) in [7, 11) is 3.16. The zero-order chi connectivity index (χ0) is 31.9. The lowest BCUT2D eigenvalue weighted by molar-refractivity contribution is -0.113. The number of benzene rings is 2. The third kappa shape index (κ3) is 5.84. The standard InChI is InChI=1S/C33H37F2N5O5/c1-5-21-23(34)8-7-19-13-20(45-18-43-4)14-22(24(19)21)27-26(35)28-25(29(36-3)37-27)30(40-12-6-9-32(2,42)15-40)39-31(38-28)44-17-33(16-41)10-11-33/h7-8,13-14,16,42H,5-6,9-12,15,17-18H2,1-4H3,(H,36,37)/t32-/m1/s1. The van der Waals surface area contributed by atoms with Gasteiger partial charge in [-0.3, -0.25) is 0 Å². The molecule has 45 heavy (non-hydrogen) atoms. The molecule has 1 aliphatic heterocycles. The lowest BCUT2D eigenvalue weighted by Gasteiger charge is -2.38. The Balaban J connectivity index is 1.61. The maximum absolute atomic E-state index is 17.0. The van der Waals surface area contributed by atoms with Crippen LogP contribution in [0.2, 0.25) is 0 Å². The van der Waals surface area contributed by atoms with Gasteiger partial charge in [0.25, 0.3) is 0 Å². The monoisotopic (exact) mass is 621 g/mol. The van der Waals surface area contributed by atoms with Gasteiger partial charge in [0, 0.05) is 32.8 Å². The van der Waals surface area contributed by atoms with E-state index in [-0.39, 0.29) is 37.2 Å². The van der Waals surface area contributed by atoms with Crippen molar-refractivity contribution in [1.29, 1.82) is 0 Å². The lowest BCUT2D eigenvalue weighted by Crippen LogP contribution is -2.46. The van der Waals surface area contributed by atoms with Crippen molar-refractivity contribution >= 4 is 39.6 Å². The molecule has 2 aromatic carbocycles. The summed E-state index contributed by atoms with van der Waals surface area (Å²) in [5.74, 6) is -0.115. The van der Waals surface area contributed by atoms with E-state index in [1.54, 1.807) is 32.2 Å². The zero-order valence-electron chi connectivity index (χ0n) is 25.9. The number of rotatable bonds is 11. The molecule has 4 aromatic rings. The third-order valence-corrected chi connectivity index (χ3v) is 8.68. The fourth-order valence-electron chi connectivity index (χ4n) is 6.08. The van der Waals surface area contributed by atoms with E-state index in [2.05, 4.69) is 15.3 Å². The highest BCUT2D eigenvalue weighted by Gasteiger charge is 2.44. The van der Waals surface area contributed by atoms with Crippen molar-refractivity contribution < 1.29 is 32.9 Å². The second-order valence-electron chi connectivity index (χ2n) is 12.2. The lowest BCUT2D eigenvalue weighted by atomic mass is 9.94. The largest absolute Gasteiger partial charge is 0.468 e. The molecule has 12 heteroatoms. The van der Waals surface area contributed by atoms with Crippen molar-refractivity contribution in [2.45, 2.75) is 51.6 Å². The first-order valence-corrected chi connectivity index (χ1v) is 15.1. The summed E-state index contributed by atoms with van der Waals surface area (Å²) in [5, 5.41) is 15.5. The Hall–Kier alpha value is -4.16.